The molecule has 1 rings (SSSR count). The van der Waals surface area contributed by atoms with Gasteiger partial charge in [0.1, 0.15) is 5.82 Å². The molecule has 0 aromatic heterocycles. The van der Waals surface area contributed by atoms with Crippen molar-refractivity contribution in [3.63, 3.8) is 0 Å². The first-order valence-electron chi connectivity index (χ1n) is 7.83. The summed E-state index contributed by atoms with van der Waals surface area (Å²) in [5.41, 5.74) is 0.287. The molecule has 0 aliphatic carbocycles. The molecule has 1 aliphatic rings. The van der Waals surface area contributed by atoms with Gasteiger partial charge >= 0.3 is 6.18 Å². The normalized spacial score (nSPS) is 18.0. The van der Waals surface area contributed by atoms with Crippen molar-refractivity contribution in [2.75, 3.05) is 26.2 Å². The van der Waals surface area contributed by atoms with Crippen LogP contribution in [0.2, 0.25) is 0 Å². The Morgan fingerprint density at radius 1 is 1.23 bits per heavy atom. The third kappa shape index (κ3) is 6.64. The van der Waals surface area contributed by atoms with Crippen molar-refractivity contribution in [2.24, 2.45) is 4.99 Å². The molecule has 0 aromatic rings. The molecule has 6 heteroatoms. The van der Waals surface area contributed by atoms with Crippen LogP contribution in [0.15, 0.2) is 28.0 Å². The fourth-order valence-electron chi connectivity index (χ4n) is 1.94. The van der Waals surface area contributed by atoms with Gasteiger partial charge in [-0.2, -0.15) is 13.2 Å². The Balaban J connectivity index is 0.00000211. The first kappa shape index (κ1) is 20.7. The van der Waals surface area contributed by atoms with Crippen LogP contribution in [0, 0.1) is 0 Å². The average molecular weight is 319 g/mol. The van der Waals surface area contributed by atoms with E-state index in [-0.39, 0.29) is 0 Å². The van der Waals surface area contributed by atoms with Crippen molar-refractivity contribution in [1.82, 2.24) is 10.2 Å². The van der Waals surface area contributed by atoms with Gasteiger partial charge in [-0.15, -0.1) is 0 Å². The SMILES string of the molecule is CC.C\C=C(/C=N\C(=C(/C)CC)N1CCNCC1)C(F)(F)F. The number of hydrogen-bond acceptors (Lipinski definition) is 3. The Labute approximate surface area is 132 Å². The number of allylic oxidation sites excluding steroid dienone is 3. The highest BCUT2D eigenvalue weighted by atomic mass is 19.4. The zero-order valence-electron chi connectivity index (χ0n) is 14.2. The highest BCUT2D eigenvalue weighted by molar-refractivity contribution is 5.80. The lowest BCUT2D eigenvalue weighted by Gasteiger charge is -2.30. The minimum absolute atomic E-state index is 0.664. The molecule has 0 amide bonds. The summed E-state index contributed by atoms with van der Waals surface area (Å²) in [5, 5.41) is 3.22. The van der Waals surface area contributed by atoms with Crippen LogP contribution in [0.25, 0.3) is 0 Å². The Morgan fingerprint density at radius 3 is 2.18 bits per heavy atom. The molecular formula is C16H28F3N3. The Bertz CT molecular complexity index is 403. The number of halogens is 3. The lowest BCUT2D eigenvalue weighted by atomic mass is 10.2. The fraction of sp³-hybridized carbons (Fsp3) is 0.688. The molecule has 1 N–H and O–H groups in total. The van der Waals surface area contributed by atoms with E-state index >= 15 is 0 Å². The number of nitrogens with zero attached hydrogens (tertiary/aromatic N) is 2. The van der Waals surface area contributed by atoms with Gasteiger partial charge in [-0.1, -0.05) is 26.8 Å². The monoisotopic (exact) mass is 319 g/mol. The topological polar surface area (TPSA) is 27.6 Å². The molecule has 1 saturated heterocycles. The van der Waals surface area contributed by atoms with Gasteiger partial charge in [0.25, 0.3) is 0 Å². The lowest BCUT2D eigenvalue weighted by Crippen LogP contribution is -2.42. The third-order valence-electron chi connectivity index (χ3n) is 3.29. The van der Waals surface area contributed by atoms with E-state index in [1.165, 1.54) is 6.92 Å². The molecule has 0 atom stereocenters. The first-order chi connectivity index (χ1) is 10.4. The Morgan fingerprint density at radius 2 is 1.77 bits per heavy atom. The van der Waals surface area contributed by atoms with Crippen molar-refractivity contribution in [3.05, 3.63) is 23.0 Å². The first-order valence-corrected chi connectivity index (χ1v) is 7.83. The van der Waals surface area contributed by atoms with Gasteiger partial charge in [0.2, 0.25) is 0 Å². The van der Waals surface area contributed by atoms with Gasteiger partial charge in [-0.3, -0.25) is 0 Å². The van der Waals surface area contributed by atoms with E-state index in [4.69, 9.17) is 0 Å². The second kappa shape index (κ2) is 10.4. The summed E-state index contributed by atoms with van der Waals surface area (Å²) < 4.78 is 38.1. The molecule has 0 saturated carbocycles. The molecule has 0 spiro atoms. The van der Waals surface area contributed by atoms with Crippen molar-refractivity contribution in [2.45, 2.75) is 47.2 Å². The van der Waals surface area contributed by atoms with E-state index in [0.29, 0.717) is 5.82 Å². The number of rotatable bonds is 4. The second-order valence-corrected chi connectivity index (χ2v) is 4.69. The van der Waals surface area contributed by atoms with E-state index in [2.05, 4.69) is 10.3 Å². The summed E-state index contributed by atoms with van der Waals surface area (Å²) in [7, 11) is 0. The number of piperazine rings is 1. The van der Waals surface area contributed by atoms with Crippen LogP contribution in [0.4, 0.5) is 13.2 Å². The maximum atomic E-state index is 12.7. The van der Waals surface area contributed by atoms with E-state index in [1.807, 2.05) is 32.6 Å². The van der Waals surface area contributed by atoms with Gasteiger partial charge in [-0.25, -0.2) is 4.99 Å². The maximum Gasteiger partial charge on any atom is 0.417 e. The van der Waals surface area contributed by atoms with Gasteiger partial charge in [0.15, 0.2) is 0 Å². The minimum atomic E-state index is -4.35. The molecular weight excluding hydrogens is 291 g/mol. The van der Waals surface area contributed by atoms with E-state index in [0.717, 1.165) is 50.5 Å². The molecule has 1 aliphatic heterocycles. The molecule has 1 fully saturated rings. The number of aliphatic imine (C=N–C) groups is 1. The van der Waals surface area contributed by atoms with Crippen LogP contribution in [-0.2, 0) is 0 Å². The molecule has 1 heterocycles. The molecule has 0 radical (unpaired) electrons. The van der Waals surface area contributed by atoms with E-state index < -0.39 is 11.7 Å². The molecule has 128 valence electrons. The number of hydrogen-bond donors (Lipinski definition) is 1. The quantitative estimate of drug-likeness (QED) is 0.789. The van der Waals surface area contributed by atoms with Crippen molar-refractivity contribution >= 4 is 6.21 Å². The summed E-state index contributed by atoms with van der Waals surface area (Å²) in [5.74, 6) is 0.664. The average Bonchev–Trinajstić information content (AvgIpc) is 2.52. The lowest BCUT2D eigenvalue weighted by molar-refractivity contribution is -0.0857. The second-order valence-electron chi connectivity index (χ2n) is 4.69. The van der Waals surface area contributed by atoms with Crippen molar-refractivity contribution in [3.8, 4) is 0 Å². The predicted molar refractivity (Wildman–Crippen MR) is 87.1 cm³/mol. The summed E-state index contributed by atoms with van der Waals surface area (Å²) in [4.78, 5) is 6.16. The summed E-state index contributed by atoms with van der Waals surface area (Å²) in [6, 6.07) is 0. The minimum Gasteiger partial charge on any atom is -0.354 e. The van der Waals surface area contributed by atoms with E-state index in [9.17, 15) is 13.2 Å². The maximum absolute atomic E-state index is 12.7. The van der Waals surface area contributed by atoms with Crippen LogP contribution < -0.4 is 5.32 Å². The van der Waals surface area contributed by atoms with Gasteiger partial charge < -0.3 is 10.2 Å². The summed E-state index contributed by atoms with van der Waals surface area (Å²) >= 11 is 0. The zero-order chi connectivity index (χ0) is 17.2. The fourth-order valence-corrected chi connectivity index (χ4v) is 1.94. The predicted octanol–water partition coefficient (Wildman–Crippen LogP) is 4.14. The summed E-state index contributed by atoms with van der Waals surface area (Å²) in [6.07, 6.45) is -1.61. The van der Waals surface area contributed by atoms with Gasteiger partial charge in [0, 0.05) is 32.4 Å². The van der Waals surface area contributed by atoms with Crippen molar-refractivity contribution < 1.29 is 13.2 Å². The molecule has 0 bridgehead atoms. The third-order valence-corrected chi connectivity index (χ3v) is 3.29. The molecule has 22 heavy (non-hydrogen) atoms. The number of nitrogens with one attached hydrogen (secondary N) is 1. The van der Waals surface area contributed by atoms with Crippen LogP contribution in [-0.4, -0.2) is 43.5 Å². The Hall–Kier alpha value is -1.30. The van der Waals surface area contributed by atoms with Crippen LogP contribution in [0.3, 0.4) is 0 Å². The largest absolute Gasteiger partial charge is 0.417 e. The van der Waals surface area contributed by atoms with E-state index in [1.54, 1.807) is 0 Å². The van der Waals surface area contributed by atoms with Gasteiger partial charge in [-0.05, 0) is 25.8 Å². The molecule has 3 nitrogen and oxygen atoms in total. The molecule has 0 unspecified atom stereocenters. The number of alkyl halides is 3. The van der Waals surface area contributed by atoms with Crippen LogP contribution >= 0.6 is 0 Å². The van der Waals surface area contributed by atoms with Crippen LogP contribution in [0.5, 0.6) is 0 Å². The Kier molecular flexibility index (Phi) is 9.81. The highest BCUT2D eigenvalue weighted by Crippen LogP contribution is 2.25. The smallest absolute Gasteiger partial charge is 0.354 e. The van der Waals surface area contributed by atoms with Crippen LogP contribution in [0.1, 0.15) is 41.0 Å². The molecule has 0 aromatic carbocycles. The van der Waals surface area contributed by atoms with Crippen molar-refractivity contribution in [1.29, 1.82) is 0 Å². The van der Waals surface area contributed by atoms with Gasteiger partial charge in [0.05, 0.1) is 5.57 Å². The standard InChI is InChI=1S/C14H22F3N3.C2H6/c1-4-11(3)13(20-8-6-18-7-9-20)19-10-12(5-2)14(15,16)17;1-2/h5,10,18H,4,6-9H2,1-3H3;1-2H3/b12-5+,13-11-,19-10-;. The summed E-state index contributed by atoms with van der Waals surface area (Å²) in [6.45, 7) is 12.4. The highest BCUT2D eigenvalue weighted by Gasteiger charge is 2.31. The zero-order valence-corrected chi connectivity index (χ0v) is 14.2.